The van der Waals surface area contributed by atoms with Gasteiger partial charge in [0.25, 0.3) is 0 Å². The molecule has 0 unspecified atom stereocenters. The van der Waals surface area contributed by atoms with Crippen molar-refractivity contribution in [3.05, 3.63) is 54.4 Å². The quantitative estimate of drug-likeness (QED) is 0.818. The fourth-order valence-corrected chi connectivity index (χ4v) is 2.04. The van der Waals surface area contributed by atoms with Crippen molar-refractivity contribution in [3.8, 4) is 0 Å². The second kappa shape index (κ2) is 6.05. The first-order valence-electron chi connectivity index (χ1n) is 6.29. The van der Waals surface area contributed by atoms with Crippen LogP contribution >= 0.6 is 0 Å². The molecule has 0 fully saturated rings. The monoisotopic (exact) mass is 241 g/mol. The molecule has 2 aromatic rings. The maximum absolute atomic E-state index is 6.05. The lowest BCUT2D eigenvalue weighted by atomic mass is 10.2. The summed E-state index contributed by atoms with van der Waals surface area (Å²) in [6.45, 7) is 4.01. The molecule has 0 amide bonds. The number of para-hydroxylation sites is 2. The van der Waals surface area contributed by atoms with Crippen molar-refractivity contribution in [2.75, 3.05) is 17.2 Å². The summed E-state index contributed by atoms with van der Waals surface area (Å²) in [5.74, 6) is 0. The second-order valence-electron chi connectivity index (χ2n) is 4.34. The first-order valence-corrected chi connectivity index (χ1v) is 6.29. The summed E-state index contributed by atoms with van der Waals surface area (Å²) >= 11 is 0. The van der Waals surface area contributed by atoms with Gasteiger partial charge in [-0.25, -0.2) is 0 Å². The van der Waals surface area contributed by atoms with Gasteiger partial charge in [0.1, 0.15) is 0 Å². The van der Waals surface area contributed by atoms with Crippen LogP contribution in [0.2, 0.25) is 0 Å². The molecule has 1 heterocycles. The van der Waals surface area contributed by atoms with E-state index in [-0.39, 0.29) is 0 Å². The van der Waals surface area contributed by atoms with E-state index >= 15 is 0 Å². The van der Waals surface area contributed by atoms with Crippen LogP contribution in [0.1, 0.15) is 18.9 Å². The van der Waals surface area contributed by atoms with Crippen molar-refractivity contribution in [1.82, 2.24) is 4.98 Å². The number of nitrogens with two attached hydrogens (primary N) is 1. The van der Waals surface area contributed by atoms with E-state index in [9.17, 15) is 0 Å². The number of benzene rings is 1. The largest absolute Gasteiger partial charge is 0.397 e. The first kappa shape index (κ1) is 12.4. The van der Waals surface area contributed by atoms with Crippen LogP contribution in [0, 0.1) is 0 Å². The normalized spacial score (nSPS) is 10.3. The minimum atomic E-state index is 0.829. The molecule has 0 aliphatic carbocycles. The zero-order chi connectivity index (χ0) is 12.8. The molecular weight excluding hydrogens is 222 g/mol. The summed E-state index contributed by atoms with van der Waals surface area (Å²) in [5.41, 5.74) is 9.18. The lowest BCUT2D eigenvalue weighted by Crippen LogP contribution is -2.24. The molecular formula is C15H19N3. The Morgan fingerprint density at radius 1 is 1.17 bits per heavy atom. The van der Waals surface area contributed by atoms with E-state index in [0.29, 0.717) is 0 Å². The predicted octanol–water partition coefficient (Wildman–Crippen LogP) is 3.08. The smallest absolute Gasteiger partial charge is 0.0602 e. The highest BCUT2D eigenvalue weighted by Crippen LogP contribution is 2.24. The van der Waals surface area contributed by atoms with Gasteiger partial charge in [-0.05, 0) is 30.2 Å². The molecule has 2 N–H and O–H groups in total. The predicted molar refractivity (Wildman–Crippen MR) is 76.4 cm³/mol. The molecule has 0 saturated carbocycles. The lowest BCUT2D eigenvalue weighted by molar-refractivity contribution is 0.766. The molecule has 0 aliphatic heterocycles. The van der Waals surface area contributed by atoms with Gasteiger partial charge in [0.05, 0.1) is 11.4 Å². The van der Waals surface area contributed by atoms with Gasteiger partial charge in [-0.1, -0.05) is 25.1 Å². The minimum Gasteiger partial charge on any atom is -0.397 e. The van der Waals surface area contributed by atoms with Crippen LogP contribution < -0.4 is 10.6 Å². The molecule has 0 atom stereocenters. The molecule has 1 aromatic carbocycles. The summed E-state index contributed by atoms with van der Waals surface area (Å²) in [7, 11) is 0. The highest BCUT2D eigenvalue weighted by molar-refractivity contribution is 5.67. The number of hydrogen-bond donors (Lipinski definition) is 1. The SMILES string of the molecule is CCCN(Cc1cccnc1)c1ccccc1N. The van der Waals surface area contributed by atoms with E-state index in [1.807, 2.05) is 30.5 Å². The van der Waals surface area contributed by atoms with Gasteiger partial charge in [0.15, 0.2) is 0 Å². The molecule has 94 valence electrons. The Bertz CT molecular complexity index is 482. The molecule has 18 heavy (non-hydrogen) atoms. The number of nitrogen functional groups attached to an aromatic ring is 1. The van der Waals surface area contributed by atoms with E-state index < -0.39 is 0 Å². The van der Waals surface area contributed by atoms with Gasteiger partial charge in [-0.2, -0.15) is 0 Å². The average molecular weight is 241 g/mol. The summed E-state index contributed by atoms with van der Waals surface area (Å²) in [6, 6.07) is 12.1. The number of nitrogens with zero attached hydrogens (tertiary/aromatic N) is 2. The van der Waals surface area contributed by atoms with E-state index in [0.717, 1.165) is 30.9 Å². The van der Waals surface area contributed by atoms with Gasteiger partial charge >= 0.3 is 0 Å². The zero-order valence-corrected chi connectivity index (χ0v) is 10.7. The van der Waals surface area contributed by atoms with E-state index in [4.69, 9.17) is 5.73 Å². The summed E-state index contributed by atoms with van der Waals surface area (Å²) < 4.78 is 0. The Morgan fingerprint density at radius 3 is 2.67 bits per heavy atom. The van der Waals surface area contributed by atoms with Gasteiger partial charge in [0.2, 0.25) is 0 Å². The standard InChI is InChI=1S/C15H19N3/c1-2-10-18(12-13-6-5-9-17-11-13)15-8-4-3-7-14(15)16/h3-9,11H,2,10,12,16H2,1H3. The van der Waals surface area contributed by atoms with Crippen molar-refractivity contribution in [2.24, 2.45) is 0 Å². The van der Waals surface area contributed by atoms with Crippen LogP contribution in [0.15, 0.2) is 48.8 Å². The molecule has 0 aliphatic rings. The van der Waals surface area contributed by atoms with Crippen molar-refractivity contribution in [3.63, 3.8) is 0 Å². The summed E-state index contributed by atoms with van der Waals surface area (Å²) in [4.78, 5) is 6.45. The molecule has 0 radical (unpaired) electrons. The highest BCUT2D eigenvalue weighted by Gasteiger charge is 2.09. The van der Waals surface area contributed by atoms with E-state index in [2.05, 4.69) is 28.9 Å². The highest BCUT2D eigenvalue weighted by atomic mass is 15.1. The van der Waals surface area contributed by atoms with Crippen LogP contribution in [0.3, 0.4) is 0 Å². The van der Waals surface area contributed by atoms with Crippen molar-refractivity contribution in [2.45, 2.75) is 19.9 Å². The van der Waals surface area contributed by atoms with Crippen molar-refractivity contribution in [1.29, 1.82) is 0 Å². The van der Waals surface area contributed by atoms with Gasteiger partial charge in [-0.3, -0.25) is 4.98 Å². The second-order valence-corrected chi connectivity index (χ2v) is 4.34. The van der Waals surface area contributed by atoms with Crippen LogP contribution in [0.4, 0.5) is 11.4 Å². The van der Waals surface area contributed by atoms with Gasteiger partial charge in [0, 0.05) is 25.5 Å². The number of pyridine rings is 1. The Labute approximate surface area is 108 Å². The Kier molecular flexibility index (Phi) is 4.18. The number of anilines is 2. The third kappa shape index (κ3) is 3.00. The molecule has 1 aromatic heterocycles. The third-order valence-corrected chi connectivity index (χ3v) is 2.87. The molecule has 0 saturated heterocycles. The Hall–Kier alpha value is -2.03. The molecule has 0 spiro atoms. The molecule has 3 heteroatoms. The van der Waals surface area contributed by atoms with Gasteiger partial charge in [-0.15, -0.1) is 0 Å². The van der Waals surface area contributed by atoms with Crippen LogP contribution in [0.5, 0.6) is 0 Å². The summed E-state index contributed by atoms with van der Waals surface area (Å²) in [6.07, 6.45) is 4.79. The fourth-order valence-electron chi connectivity index (χ4n) is 2.04. The van der Waals surface area contributed by atoms with E-state index in [1.165, 1.54) is 5.56 Å². The minimum absolute atomic E-state index is 0.829. The fraction of sp³-hybridized carbons (Fsp3) is 0.267. The number of rotatable bonds is 5. The van der Waals surface area contributed by atoms with Crippen molar-refractivity contribution >= 4 is 11.4 Å². The van der Waals surface area contributed by atoms with E-state index in [1.54, 1.807) is 6.20 Å². The molecule has 2 rings (SSSR count). The number of hydrogen-bond acceptors (Lipinski definition) is 3. The zero-order valence-electron chi connectivity index (χ0n) is 10.7. The topological polar surface area (TPSA) is 42.2 Å². The van der Waals surface area contributed by atoms with Crippen LogP contribution in [0.25, 0.3) is 0 Å². The van der Waals surface area contributed by atoms with Gasteiger partial charge < -0.3 is 10.6 Å². The lowest BCUT2D eigenvalue weighted by Gasteiger charge is -2.25. The maximum Gasteiger partial charge on any atom is 0.0602 e. The maximum atomic E-state index is 6.05. The Balaban J connectivity index is 2.21. The first-order chi connectivity index (χ1) is 8.81. The number of aromatic nitrogens is 1. The molecule has 0 bridgehead atoms. The Morgan fingerprint density at radius 2 is 2.00 bits per heavy atom. The molecule has 3 nitrogen and oxygen atoms in total. The van der Waals surface area contributed by atoms with Crippen LogP contribution in [-0.2, 0) is 6.54 Å². The third-order valence-electron chi connectivity index (χ3n) is 2.87. The average Bonchev–Trinajstić information content (AvgIpc) is 2.40. The summed E-state index contributed by atoms with van der Waals surface area (Å²) in [5, 5.41) is 0. The van der Waals surface area contributed by atoms with Crippen molar-refractivity contribution < 1.29 is 0 Å². The van der Waals surface area contributed by atoms with Crippen LogP contribution in [-0.4, -0.2) is 11.5 Å².